The summed E-state index contributed by atoms with van der Waals surface area (Å²) < 4.78 is 0. The minimum Gasteiger partial charge on any atom is -0.508 e. The first kappa shape index (κ1) is 81.7. The van der Waals surface area contributed by atoms with Crippen molar-refractivity contribution in [3.05, 3.63) is 185 Å². The number of aliphatic imine (C=N–C) groups is 1. The van der Waals surface area contributed by atoms with E-state index in [1.165, 1.54) is 43.0 Å². The Kier molecular flexibility index (Phi) is 28.7. The Bertz CT molecular complexity index is 4650. The lowest BCUT2D eigenvalue weighted by Crippen LogP contribution is -2.62. The number of carbonyl (C=O) groups excluding carboxylic acids is 11. The molecule has 0 radical (unpaired) electrons. The standard InChI is InChI=1S/C81H97ClN16O13/c1-46(2)36-63(72(103)91-62(20-11-32-84-81-85-33-13-34-86-81)80(111)98-35-12-21-70(98)79(110)88-47(3)71(83)102)92-76(107)67(42-55-44-87-61-19-10-8-17-59(55)61)95-74(105)66(39-50-25-30-58(101)31-26-50)94-78(109)69(45-99)97-77(108)68(43-57-41-54-16-7-9-18-60(54)90-57)96-75(106)65(38-49-23-28-56(82)29-24-49)93-73(104)64(89-48(4)100)40-51-22-27-52-14-5-6-15-53(52)37-51/h5-10,14-19,22-31,37,41,44,46-47,62-70,87,90,99,101H,11-13,20-21,32-36,38-40,42-43,45H2,1-4H3,(H2,83,102)(H,88,110)(H,89,100)(H,91,103)(H,92,107)(H,93,104)(H,94,109)(H,95,105)(H,96,106)(H,97,108)(H2,84,85,86)/t47-,62+,63+,64-,65-,66+,67-,68-,69+,70+/m1/s1. The number of hydrogen-bond acceptors (Lipinski definition) is 16. The molecule has 8 aromatic rings. The zero-order valence-electron chi connectivity index (χ0n) is 62.3. The van der Waals surface area contributed by atoms with Gasteiger partial charge in [-0.05, 0) is 132 Å². The number of aromatic amines is 2. The van der Waals surface area contributed by atoms with Crippen LogP contribution in [0.15, 0.2) is 157 Å². The van der Waals surface area contributed by atoms with Crippen molar-refractivity contribution in [2.45, 2.75) is 159 Å². The highest BCUT2D eigenvalue weighted by atomic mass is 35.5. The van der Waals surface area contributed by atoms with Crippen molar-refractivity contribution >= 4 is 115 Å². The number of aromatic hydroxyl groups is 1. The summed E-state index contributed by atoms with van der Waals surface area (Å²) in [6.07, 6.45) is 2.89. The summed E-state index contributed by atoms with van der Waals surface area (Å²) >= 11 is 6.29. The third-order valence-electron chi connectivity index (χ3n) is 19.6. The van der Waals surface area contributed by atoms with E-state index in [1.807, 2.05) is 92.7 Å². The van der Waals surface area contributed by atoms with Crippen molar-refractivity contribution in [2.24, 2.45) is 16.6 Å². The van der Waals surface area contributed by atoms with E-state index in [-0.39, 0.29) is 69.6 Å². The number of benzene rings is 6. The summed E-state index contributed by atoms with van der Waals surface area (Å²) in [5.74, 6) is -8.38. The van der Waals surface area contributed by atoms with Crippen LogP contribution < -0.4 is 64.2 Å². The molecule has 17 N–H and O–H groups in total. The maximum absolute atomic E-state index is 15.3. The SMILES string of the molecule is CC(=O)N[C@H](Cc1ccc2ccccc2c1)C(=O)N[C@H](Cc1ccc(Cl)cc1)C(=O)N[C@H](Cc1cc2ccccc2[nH]1)C(=O)N[C@@H](CO)C(=O)N[C@@H](Cc1ccc(O)cc1)C(=O)N[C@H](Cc1c[nH]c2ccccc12)C(=O)N[C@@H](CC(C)C)C(=O)N[C@@H](CCCNC1=NCCCN1)C(=O)N1CCC[C@H]1C(=O)N[C@H](C)C(N)=O. The number of aliphatic hydroxyl groups excluding tert-OH is 1. The van der Waals surface area contributed by atoms with Gasteiger partial charge in [0.15, 0.2) is 5.96 Å². The Balaban J connectivity index is 0.907. The van der Waals surface area contributed by atoms with E-state index in [1.54, 1.807) is 48.7 Å². The second-order valence-electron chi connectivity index (χ2n) is 28.6. The maximum Gasteiger partial charge on any atom is 0.245 e. The van der Waals surface area contributed by atoms with E-state index in [9.17, 15) is 43.8 Å². The minimum atomic E-state index is -1.83. The number of halogens is 1. The van der Waals surface area contributed by atoms with Gasteiger partial charge in [-0.3, -0.25) is 57.7 Å². The van der Waals surface area contributed by atoms with Crippen LogP contribution in [0.5, 0.6) is 5.75 Å². The molecule has 10 atom stereocenters. The number of aromatic nitrogens is 2. The zero-order chi connectivity index (χ0) is 79.3. The fourth-order valence-electron chi connectivity index (χ4n) is 13.7. The molecule has 30 heteroatoms. The third kappa shape index (κ3) is 23.1. The summed E-state index contributed by atoms with van der Waals surface area (Å²) in [5, 5.41) is 56.4. The first-order valence-corrected chi connectivity index (χ1v) is 37.8. The molecule has 11 amide bonds. The Morgan fingerprint density at radius 1 is 0.568 bits per heavy atom. The number of para-hydroxylation sites is 2. The van der Waals surface area contributed by atoms with Gasteiger partial charge >= 0.3 is 0 Å². The lowest BCUT2D eigenvalue weighted by atomic mass is 9.99. The summed E-state index contributed by atoms with van der Waals surface area (Å²) in [5.41, 5.74) is 9.58. The van der Waals surface area contributed by atoms with Crippen LogP contribution >= 0.6 is 11.6 Å². The van der Waals surface area contributed by atoms with Crippen molar-refractivity contribution in [1.82, 2.24) is 73.4 Å². The number of phenolic OH excluding ortho intramolecular Hbond substituents is 1. The highest BCUT2D eigenvalue weighted by molar-refractivity contribution is 6.30. The second-order valence-corrected chi connectivity index (χ2v) is 29.1. The monoisotopic (exact) mass is 1540 g/mol. The Labute approximate surface area is 647 Å². The molecular formula is C81H97ClN16O13. The van der Waals surface area contributed by atoms with Crippen LogP contribution in [0.2, 0.25) is 5.02 Å². The number of phenols is 1. The van der Waals surface area contributed by atoms with Crippen LogP contribution in [-0.4, -0.2) is 189 Å². The van der Waals surface area contributed by atoms with Gasteiger partial charge in [-0.25, -0.2) is 0 Å². The molecule has 0 bridgehead atoms. The Hall–Kier alpha value is -11.8. The quantitative estimate of drug-likeness (QED) is 0.0251. The van der Waals surface area contributed by atoms with E-state index in [0.717, 1.165) is 29.1 Å². The number of fused-ring (bicyclic) bond motifs is 3. The van der Waals surface area contributed by atoms with Gasteiger partial charge in [-0.2, -0.15) is 0 Å². The Morgan fingerprint density at radius 3 is 1.71 bits per heavy atom. The van der Waals surface area contributed by atoms with Gasteiger partial charge in [0.2, 0.25) is 65.0 Å². The fraction of sp³-hybridized carbons (Fsp3) is 0.383. The van der Waals surface area contributed by atoms with Gasteiger partial charge in [-0.1, -0.05) is 129 Å². The van der Waals surface area contributed by atoms with Crippen molar-refractivity contribution in [3.8, 4) is 5.75 Å². The van der Waals surface area contributed by atoms with Crippen LogP contribution in [0, 0.1) is 5.92 Å². The van der Waals surface area contributed by atoms with Crippen LogP contribution in [0.25, 0.3) is 32.6 Å². The van der Waals surface area contributed by atoms with E-state index in [4.69, 9.17) is 17.3 Å². The predicted molar refractivity (Wildman–Crippen MR) is 420 cm³/mol. The van der Waals surface area contributed by atoms with Crippen molar-refractivity contribution in [1.29, 1.82) is 0 Å². The highest BCUT2D eigenvalue weighted by Crippen LogP contribution is 2.25. The average Bonchev–Trinajstić information content (AvgIpc) is 1.78. The van der Waals surface area contributed by atoms with Gasteiger partial charge in [0.05, 0.1) is 6.61 Å². The number of hydrogen-bond donors (Lipinski definition) is 16. The second kappa shape index (κ2) is 39.0. The molecule has 0 spiro atoms. The maximum atomic E-state index is 15.3. The number of primary amides is 1. The number of nitrogens with zero attached hydrogens (tertiary/aromatic N) is 2. The van der Waals surface area contributed by atoms with E-state index >= 15 is 19.2 Å². The van der Waals surface area contributed by atoms with Crippen LogP contribution in [0.1, 0.15) is 94.2 Å². The Morgan fingerprint density at radius 2 is 1.10 bits per heavy atom. The third-order valence-corrected chi connectivity index (χ3v) is 19.8. The summed E-state index contributed by atoms with van der Waals surface area (Å²) in [4.78, 5) is 171. The number of nitrogens with one attached hydrogen (secondary N) is 13. The number of rotatable bonds is 36. The molecule has 0 saturated carbocycles. The lowest BCUT2D eigenvalue weighted by molar-refractivity contribution is -0.142. The van der Waals surface area contributed by atoms with Crippen molar-refractivity contribution in [2.75, 3.05) is 32.8 Å². The molecule has 1 saturated heterocycles. The molecule has 10 rings (SSSR count). The van der Waals surface area contributed by atoms with E-state index < -0.39 is 132 Å². The summed E-state index contributed by atoms with van der Waals surface area (Å²) in [7, 11) is 0. The van der Waals surface area contributed by atoms with E-state index in [2.05, 4.69) is 73.4 Å². The molecular weight excluding hydrogens is 1440 g/mol. The van der Waals surface area contributed by atoms with Crippen molar-refractivity contribution < 1.29 is 63.0 Å². The summed E-state index contributed by atoms with van der Waals surface area (Å²) in [6, 6.07) is 28.2. The van der Waals surface area contributed by atoms with Gasteiger partial charge in [-0.15, -0.1) is 0 Å². The first-order chi connectivity index (χ1) is 53.3. The van der Waals surface area contributed by atoms with Crippen molar-refractivity contribution in [3.63, 3.8) is 0 Å². The molecule has 1 fully saturated rings. The van der Waals surface area contributed by atoms with Crippen LogP contribution in [0.4, 0.5) is 0 Å². The van der Waals surface area contributed by atoms with Crippen LogP contribution in [-0.2, 0) is 84.8 Å². The van der Waals surface area contributed by atoms with Gasteiger partial charge < -0.3 is 89.3 Å². The normalized spacial score (nSPS) is 15.9. The minimum absolute atomic E-state index is 0.0351. The number of H-pyrrole nitrogens is 2. The fourth-order valence-corrected chi connectivity index (χ4v) is 13.8. The molecule has 2 aromatic heterocycles. The molecule has 2 aliphatic rings. The zero-order valence-corrected chi connectivity index (χ0v) is 63.1. The largest absolute Gasteiger partial charge is 0.508 e. The molecule has 0 aliphatic carbocycles. The molecule has 6 aromatic carbocycles. The number of aliphatic hydroxyl groups is 1. The molecule has 29 nitrogen and oxygen atoms in total. The first-order valence-electron chi connectivity index (χ1n) is 37.4. The topological polar surface area (TPSA) is 434 Å². The van der Waals surface area contributed by atoms with Gasteiger partial charge in [0.1, 0.15) is 66.2 Å². The number of likely N-dealkylation sites (tertiary alicyclic amines) is 1. The molecule has 2 aliphatic heterocycles. The van der Waals surface area contributed by atoms with Gasteiger partial charge in [0, 0.05) is 98.5 Å². The molecule has 111 heavy (non-hydrogen) atoms. The number of amides is 11. The smallest absolute Gasteiger partial charge is 0.245 e. The highest BCUT2D eigenvalue weighted by Gasteiger charge is 2.41. The molecule has 4 heterocycles. The number of carbonyl (C=O) groups is 11. The molecule has 0 unspecified atom stereocenters. The van der Waals surface area contributed by atoms with Gasteiger partial charge in [0.25, 0.3) is 0 Å². The van der Waals surface area contributed by atoms with Crippen LogP contribution in [0.3, 0.4) is 0 Å². The predicted octanol–water partition coefficient (Wildman–Crippen LogP) is 3.31. The molecule has 586 valence electrons. The average molecular weight is 1540 g/mol. The number of guanidine groups is 1. The summed E-state index contributed by atoms with van der Waals surface area (Å²) in [6.45, 7) is 7.16. The lowest BCUT2D eigenvalue weighted by Gasteiger charge is -2.31. The number of nitrogens with two attached hydrogens (primary N) is 1. The van der Waals surface area contributed by atoms with E-state index in [0.29, 0.717) is 81.3 Å².